The lowest BCUT2D eigenvalue weighted by atomic mass is 10.2. The van der Waals surface area contributed by atoms with E-state index in [1.807, 2.05) is 25.9 Å². The first kappa shape index (κ1) is 17.7. The third kappa shape index (κ3) is 4.55. The molecule has 0 saturated heterocycles. The van der Waals surface area contributed by atoms with Gasteiger partial charge in [0, 0.05) is 34.9 Å². The SMILES string of the molecule is COCCN(C(=O)c1sc(N(C)C)nc1N)C(C)COC. The molecule has 1 atom stereocenters. The number of ether oxygens (including phenoxy) is 2. The van der Waals surface area contributed by atoms with Crippen molar-refractivity contribution in [3.63, 3.8) is 0 Å². The lowest BCUT2D eigenvalue weighted by molar-refractivity contribution is 0.0484. The fourth-order valence-corrected chi connectivity index (χ4v) is 2.70. The van der Waals surface area contributed by atoms with Crippen molar-refractivity contribution in [3.05, 3.63) is 4.88 Å². The smallest absolute Gasteiger partial charge is 0.268 e. The molecule has 8 heteroatoms. The Morgan fingerprint density at radius 1 is 1.38 bits per heavy atom. The summed E-state index contributed by atoms with van der Waals surface area (Å²) < 4.78 is 10.2. The van der Waals surface area contributed by atoms with Crippen LogP contribution in [0.15, 0.2) is 0 Å². The number of hydrogen-bond acceptors (Lipinski definition) is 7. The molecule has 1 rings (SSSR count). The average molecular weight is 316 g/mol. The van der Waals surface area contributed by atoms with Crippen molar-refractivity contribution in [1.82, 2.24) is 9.88 Å². The number of methoxy groups -OCH3 is 2. The molecule has 1 amide bonds. The van der Waals surface area contributed by atoms with Crippen LogP contribution >= 0.6 is 11.3 Å². The molecule has 0 saturated carbocycles. The van der Waals surface area contributed by atoms with Crippen LogP contribution < -0.4 is 10.6 Å². The number of carbonyl (C=O) groups is 1. The molecule has 7 nitrogen and oxygen atoms in total. The number of nitrogen functional groups attached to an aromatic ring is 1. The Hall–Kier alpha value is -1.38. The third-order valence-electron chi connectivity index (χ3n) is 2.96. The van der Waals surface area contributed by atoms with Gasteiger partial charge in [0.05, 0.1) is 19.3 Å². The van der Waals surface area contributed by atoms with Crippen LogP contribution in [0.4, 0.5) is 10.9 Å². The van der Waals surface area contributed by atoms with Gasteiger partial charge in [0.25, 0.3) is 5.91 Å². The second kappa shape index (κ2) is 8.16. The summed E-state index contributed by atoms with van der Waals surface area (Å²) in [6, 6.07) is -0.0676. The normalized spacial score (nSPS) is 12.2. The summed E-state index contributed by atoms with van der Waals surface area (Å²) in [6.07, 6.45) is 0. The zero-order valence-corrected chi connectivity index (χ0v) is 14.1. The number of nitrogens with zero attached hydrogens (tertiary/aromatic N) is 3. The molecular weight excluding hydrogens is 292 g/mol. The van der Waals surface area contributed by atoms with E-state index in [-0.39, 0.29) is 17.8 Å². The van der Waals surface area contributed by atoms with Gasteiger partial charge in [-0.15, -0.1) is 0 Å². The molecule has 0 bridgehead atoms. The van der Waals surface area contributed by atoms with Crippen LogP contribution in [0.1, 0.15) is 16.6 Å². The summed E-state index contributed by atoms with van der Waals surface area (Å²) in [6.45, 7) is 3.32. The van der Waals surface area contributed by atoms with Gasteiger partial charge in [-0.1, -0.05) is 11.3 Å². The first-order valence-electron chi connectivity index (χ1n) is 6.64. The van der Waals surface area contributed by atoms with Crippen LogP contribution in [-0.2, 0) is 9.47 Å². The number of hydrogen-bond donors (Lipinski definition) is 1. The minimum atomic E-state index is -0.139. The van der Waals surface area contributed by atoms with Crippen molar-refractivity contribution in [1.29, 1.82) is 0 Å². The van der Waals surface area contributed by atoms with Gasteiger partial charge in [0.15, 0.2) is 5.13 Å². The number of amides is 1. The molecule has 1 aromatic rings. The summed E-state index contributed by atoms with van der Waals surface area (Å²) in [7, 11) is 6.95. The highest BCUT2D eigenvalue weighted by molar-refractivity contribution is 7.18. The van der Waals surface area contributed by atoms with E-state index in [1.54, 1.807) is 19.1 Å². The van der Waals surface area contributed by atoms with Gasteiger partial charge < -0.3 is 25.0 Å². The van der Waals surface area contributed by atoms with Crippen LogP contribution in [0, 0.1) is 0 Å². The topological polar surface area (TPSA) is 80.9 Å². The number of aromatic nitrogens is 1. The average Bonchev–Trinajstić information content (AvgIpc) is 2.81. The van der Waals surface area contributed by atoms with Crippen molar-refractivity contribution < 1.29 is 14.3 Å². The Balaban J connectivity index is 2.98. The van der Waals surface area contributed by atoms with E-state index in [2.05, 4.69) is 4.98 Å². The standard InChI is InChI=1S/C13H24N4O3S/c1-9(8-20-5)17(6-7-19-4)12(18)10-11(14)15-13(21-10)16(2)3/h9H,6-8,14H2,1-5H3. The summed E-state index contributed by atoms with van der Waals surface area (Å²) >= 11 is 1.29. The Labute approximate surface area is 129 Å². The number of thiazole rings is 1. The van der Waals surface area contributed by atoms with Gasteiger partial charge in [0.1, 0.15) is 10.7 Å². The summed E-state index contributed by atoms with van der Waals surface area (Å²) in [5, 5.41) is 0.710. The van der Waals surface area contributed by atoms with Crippen molar-refractivity contribution in [2.45, 2.75) is 13.0 Å². The maximum Gasteiger partial charge on any atom is 0.268 e. The molecule has 0 fully saturated rings. The minimum absolute atomic E-state index is 0.0676. The van der Waals surface area contributed by atoms with E-state index in [9.17, 15) is 4.79 Å². The van der Waals surface area contributed by atoms with E-state index >= 15 is 0 Å². The quantitative estimate of drug-likeness (QED) is 0.768. The molecule has 0 aliphatic rings. The number of nitrogens with two attached hydrogens (primary N) is 1. The van der Waals surface area contributed by atoms with Gasteiger partial charge >= 0.3 is 0 Å². The van der Waals surface area contributed by atoms with Crippen molar-refractivity contribution in [3.8, 4) is 0 Å². The van der Waals surface area contributed by atoms with Gasteiger partial charge in [-0.3, -0.25) is 4.79 Å². The second-order valence-corrected chi connectivity index (χ2v) is 5.88. The first-order chi connectivity index (χ1) is 9.92. The molecule has 0 aromatic carbocycles. The van der Waals surface area contributed by atoms with Crippen LogP contribution in [0.3, 0.4) is 0 Å². The van der Waals surface area contributed by atoms with Crippen molar-refractivity contribution >= 4 is 28.2 Å². The summed E-state index contributed by atoms with van der Waals surface area (Å²) in [4.78, 5) is 20.9. The number of rotatable bonds is 8. The predicted octanol–water partition coefficient (Wildman–Crippen LogP) is 0.915. The molecule has 0 radical (unpaired) electrons. The Bertz CT molecular complexity index is 464. The highest BCUT2D eigenvalue weighted by Crippen LogP contribution is 2.28. The number of carbonyl (C=O) groups excluding carboxylic acids is 1. The maximum absolute atomic E-state index is 12.7. The molecule has 1 heterocycles. The first-order valence-corrected chi connectivity index (χ1v) is 7.46. The number of anilines is 2. The van der Waals surface area contributed by atoms with E-state index in [0.29, 0.717) is 29.8 Å². The molecule has 2 N–H and O–H groups in total. The van der Waals surface area contributed by atoms with Crippen LogP contribution in [0.2, 0.25) is 0 Å². The lowest BCUT2D eigenvalue weighted by Crippen LogP contribution is -2.43. The van der Waals surface area contributed by atoms with Crippen molar-refractivity contribution in [2.75, 3.05) is 58.7 Å². The van der Waals surface area contributed by atoms with Gasteiger partial charge in [-0.05, 0) is 6.92 Å². The van der Waals surface area contributed by atoms with Gasteiger partial charge in [0.2, 0.25) is 0 Å². The molecule has 21 heavy (non-hydrogen) atoms. The zero-order chi connectivity index (χ0) is 16.0. The summed E-state index contributed by atoms with van der Waals surface area (Å²) in [5.41, 5.74) is 5.88. The fraction of sp³-hybridized carbons (Fsp3) is 0.692. The van der Waals surface area contributed by atoms with Gasteiger partial charge in [-0.25, -0.2) is 4.98 Å². The zero-order valence-electron chi connectivity index (χ0n) is 13.3. The molecule has 0 spiro atoms. The Kier molecular flexibility index (Phi) is 6.86. The Morgan fingerprint density at radius 2 is 2.05 bits per heavy atom. The van der Waals surface area contributed by atoms with Crippen LogP contribution in [0.25, 0.3) is 0 Å². The highest BCUT2D eigenvalue weighted by Gasteiger charge is 2.26. The molecule has 0 aliphatic carbocycles. The molecule has 0 aliphatic heterocycles. The van der Waals surface area contributed by atoms with E-state index in [4.69, 9.17) is 15.2 Å². The second-order valence-electron chi connectivity index (χ2n) is 4.90. The highest BCUT2D eigenvalue weighted by atomic mass is 32.1. The largest absolute Gasteiger partial charge is 0.383 e. The third-order valence-corrected chi connectivity index (χ3v) is 4.18. The fourth-order valence-electron chi connectivity index (χ4n) is 1.84. The summed E-state index contributed by atoms with van der Waals surface area (Å²) in [5.74, 6) is 0.125. The lowest BCUT2D eigenvalue weighted by Gasteiger charge is -2.28. The predicted molar refractivity (Wildman–Crippen MR) is 85.1 cm³/mol. The maximum atomic E-state index is 12.7. The Morgan fingerprint density at radius 3 is 2.52 bits per heavy atom. The molecular formula is C13H24N4O3S. The molecule has 120 valence electrons. The molecule has 1 unspecified atom stereocenters. The molecule has 1 aromatic heterocycles. The van der Waals surface area contributed by atoms with E-state index in [0.717, 1.165) is 0 Å². The van der Waals surface area contributed by atoms with Crippen LogP contribution in [0.5, 0.6) is 0 Å². The monoisotopic (exact) mass is 316 g/mol. The van der Waals surface area contributed by atoms with Gasteiger partial charge in [-0.2, -0.15) is 0 Å². The van der Waals surface area contributed by atoms with E-state index < -0.39 is 0 Å². The van der Waals surface area contributed by atoms with Crippen LogP contribution in [-0.4, -0.2) is 69.9 Å². The minimum Gasteiger partial charge on any atom is -0.383 e. The van der Waals surface area contributed by atoms with E-state index in [1.165, 1.54) is 11.3 Å². The van der Waals surface area contributed by atoms with Crippen molar-refractivity contribution in [2.24, 2.45) is 0 Å².